The molecular weight excluding hydrogens is 344 g/mol. The summed E-state index contributed by atoms with van der Waals surface area (Å²) >= 11 is 0. The molecule has 25 heavy (non-hydrogen) atoms. The third-order valence-electron chi connectivity index (χ3n) is 3.39. The van der Waals surface area contributed by atoms with Crippen molar-refractivity contribution in [3.63, 3.8) is 0 Å². The zero-order chi connectivity index (χ0) is 18.6. The Balaban J connectivity index is 0.000000701. The Morgan fingerprint density at radius 1 is 1.20 bits per heavy atom. The van der Waals surface area contributed by atoms with Crippen molar-refractivity contribution in [1.82, 2.24) is 15.2 Å². The molecule has 1 aromatic carbocycles. The van der Waals surface area contributed by atoms with Crippen LogP contribution in [0.15, 0.2) is 30.5 Å². The highest BCUT2D eigenvalue weighted by Crippen LogP contribution is 2.28. The standard InChI is InChI=1S/C15H16N4O2S.CH2O2/c1-9-7-14(13-4-5-16-18-13)17-15-10(2)6-11(8-12(9)15)19-22(3,20)21;2-1-3/h4-8,19H,1-3H3,(H,16,18);1H,(H,2,3). The minimum absolute atomic E-state index is 0.250. The lowest BCUT2D eigenvalue weighted by Crippen LogP contribution is -2.09. The van der Waals surface area contributed by atoms with Crippen LogP contribution in [0, 0.1) is 13.8 Å². The van der Waals surface area contributed by atoms with E-state index in [1.165, 1.54) is 0 Å². The van der Waals surface area contributed by atoms with Crippen molar-refractivity contribution in [2.24, 2.45) is 0 Å². The molecule has 3 rings (SSSR count). The van der Waals surface area contributed by atoms with E-state index in [4.69, 9.17) is 9.90 Å². The largest absolute Gasteiger partial charge is 0.483 e. The number of aryl methyl sites for hydroxylation is 2. The minimum Gasteiger partial charge on any atom is -0.483 e. The summed E-state index contributed by atoms with van der Waals surface area (Å²) in [4.78, 5) is 13.0. The first-order chi connectivity index (χ1) is 11.7. The van der Waals surface area contributed by atoms with E-state index in [1.807, 2.05) is 32.0 Å². The summed E-state index contributed by atoms with van der Waals surface area (Å²) in [7, 11) is -3.30. The molecule has 3 aromatic rings. The number of carbonyl (C=O) groups is 1. The van der Waals surface area contributed by atoms with Crippen LogP contribution < -0.4 is 4.72 Å². The molecule has 0 amide bonds. The predicted octanol–water partition coefficient (Wildman–Crippen LogP) is 2.31. The van der Waals surface area contributed by atoms with Crippen LogP contribution in [0.2, 0.25) is 0 Å². The van der Waals surface area contributed by atoms with Gasteiger partial charge in [-0.3, -0.25) is 14.6 Å². The Kier molecular flexibility index (Phi) is 5.38. The first kappa shape index (κ1) is 18.4. The number of fused-ring (bicyclic) bond motifs is 1. The van der Waals surface area contributed by atoms with Gasteiger partial charge in [0.1, 0.15) is 0 Å². The van der Waals surface area contributed by atoms with Crippen LogP contribution in [-0.2, 0) is 14.8 Å². The Morgan fingerprint density at radius 2 is 1.88 bits per heavy atom. The molecule has 0 atom stereocenters. The number of carboxylic acid groups (broad SMARTS) is 1. The van der Waals surface area contributed by atoms with Crippen molar-refractivity contribution < 1.29 is 18.3 Å². The summed E-state index contributed by atoms with van der Waals surface area (Å²) in [5.41, 5.74) is 5.00. The van der Waals surface area contributed by atoms with Crippen molar-refractivity contribution in [2.75, 3.05) is 11.0 Å². The predicted molar refractivity (Wildman–Crippen MR) is 96.0 cm³/mol. The smallest absolute Gasteiger partial charge is 0.290 e. The van der Waals surface area contributed by atoms with Gasteiger partial charge in [-0.15, -0.1) is 0 Å². The second-order valence-electron chi connectivity index (χ2n) is 5.46. The summed E-state index contributed by atoms with van der Waals surface area (Å²) in [5.74, 6) is 0. The molecule has 0 saturated carbocycles. The van der Waals surface area contributed by atoms with Crippen molar-refractivity contribution in [1.29, 1.82) is 0 Å². The van der Waals surface area contributed by atoms with Gasteiger partial charge < -0.3 is 5.11 Å². The number of nitrogens with zero attached hydrogens (tertiary/aromatic N) is 2. The molecular formula is C16H18N4O4S. The van der Waals surface area contributed by atoms with E-state index in [-0.39, 0.29) is 6.47 Å². The van der Waals surface area contributed by atoms with Crippen LogP contribution in [0.1, 0.15) is 11.1 Å². The molecule has 3 N–H and O–H groups in total. The average molecular weight is 362 g/mol. The molecule has 8 nitrogen and oxygen atoms in total. The van der Waals surface area contributed by atoms with E-state index in [0.29, 0.717) is 5.69 Å². The van der Waals surface area contributed by atoms with Crippen LogP contribution in [-0.4, -0.2) is 41.4 Å². The van der Waals surface area contributed by atoms with Crippen molar-refractivity contribution >= 4 is 33.1 Å². The van der Waals surface area contributed by atoms with Crippen LogP contribution in [0.25, 0.3) is 22.3 Å². The third kappa shape index (κ3) is 4.54. The highest BCUT2D eigenvalue weighted by atomic mass is 32.2. The molecule has 2 aromatic heterocycles. The molecule has 0 fully saturated rings. The van der Waals surface area contributed by atoms with Gasteiger partial charge in [0.25, 0.3) is 6.47 Å². The second kappa shape index (κ2) is 7.31. The molecule has 0 spiro atoms. The Hall–Kier alpha value is -2.94. The van der Waals surface area contributed by atoms with E-state index in [2.05, 4.69) is 19.9 Å². The van der Waals surface area contributed by atoms with Crippen LogP contribution >= 0.6 is 0 Å². The number of aromatic amines is 1. The minimum atomic E-state index is -3.30. The van der Waals surface area contributed by atoms with E-state index >= 15 is 0 Å². The SMILES string of the molecule is Cc1cc(-c2ccn[nH]2)nc2c(C)cc(NS(C)(=O)=O)cc12.O=CO. The summed E-state index contributed by atoms with van der Waals surface area (Å²) < 4.78 is 25.3. The van der Waals surface area contributed by atoms with Gasteiger partial charge in [0.15, 0.2) is 0 Å². The normalized spacial score (nSPS) is 10.8. The van der Waals surface area contributed by atoms with Crippen LogP contribution in [0.5, 0.6) is 0 Å². The van der Waals surface area contributed by atoms with Gasteiger partial charge >= 0.3 is 0 Å². The van der Waals surface area contributed by atoms with Crippen molar-refractivity contribution in [2.45, 2.75) is 13.8 Å². The highest BCUT2D eigenvalue weighted by molar-refractivity contribution is 7.92. The quantitative estimate of drug-likeness (QED) is 0.614. The van der Waals surface area contributed by atoms with Gasteiger partial charge in [-0.1, -0.05) is 0 Å². The van der Waals surface area contributed by atoms with Gasteiger partial charge in [0, 0.05) is 17.3 Å². The van der Waals surface area contributed by atoms with Gasteiger partial charge in [-0.25, -0.2) is 13.4 Å². The highest BCUT2D eigenvalue weighted by Gasteiger charge is 2.11. The molecule has 9 heteroatoms. The number of nitrogens with one attached hydrogen (secondary N) is 2. The first-order valence-electron chi connectivity index (χ1n) is 7.22. The van der Waals surface area contributed by atoms with Crippen LogP contribution in [0.4, 0.5) is 5.69 Å². The fourth-order valence-electron chi connectivity index (χ4n) is 2.47. The molecule has 0 radical (unpaired) electrons. The monoisotopic (exact) mass is 362 g/mol. The lowest BCUT2D eigenvalue weighted by Gasteiger charge is -2.11. The maximum Gasteiger partial charge on any atom is 0.290 e. The number of aromatic nitrogens is 3. The Bertz CT molecular complexity index is 999. The number of anilines is 1. The molecule has 0 saturated heterocycles. The molecule has 0 unspecified atom stereocenters. The molecule has 0 aliphatic rings. The zero-order valence-electron chi connectivity index (χ0n) is 13.9. The second-order valence-corrected chi connectivity index (χ2v) is 7.21. The number of benzene rings is 1. The molecule has 0 aliphatic carbocycles. The number of rotatable bonds is 3. The third-order valence-corrected chi connectivity index (χ3v) is 4.00. The van der Waals surface area contributed by atoms with Gasteiger partial charge in [0.2, 0.25) is 10.0 Å². The molecule has 0 aliphatic heterocycles. The number of H-pyrrole nitrogens is 1. The van der Waals surface area contributed by atoms with Crippen molar-refractivity contribution in [3.05, 3.63) is 41.6 Å². The lowest BCUT2D eigenvalue weighted by atomic mass is 10.0. The number of hydrogen-bond donors (Lipinski definition) is 3. The fraction of sp³-hybridized carbons (Fsp3) is 0.188. The van der Waals surface area contributed by atoms with Gasteiger partial charge in [-0.05, 0) is 49.2 Å². The van der Waals surface area contributed by atoms with E-state index in [9.17, 15) is 8.42 Å². The summed E-state index contributed by atoms with van der Waals surface area (Å²) in [6.07, 6.45) is 2.82. The van der Waals surface area contributed by atoms with E-state index < -0.39 is 10.0 Å². The van der Waals surface area contributed by atoms with Crippen molar-refractivity contribution in [3.8, 4) is 11.4 Å². The number of sulfonamides is 1. The Morgan fingerprint density at radius 3 is 2.44 bits per heavy atom. The van der Waals surface area contributed by atoms with Gasteiger partial charge in [-0.2, -0.15) is 5.10 Å². The Labute approximate surface area is 145 Å². The number of hydrogen-bond acceptors (Lipinski definition) is 5. The first-order valence-corrected chi connectivity index (χ1v) is 9.11. The maximum absolute atomic E-state index is 11.4. The summed E-state index contributed by atoms with van der Waals surface area (Å²) in [5, 5.41) is 14.7. The van der Waals surface area contributed by atoms with Gasteiger partial charge in [0.05, 0.1) is 23.2 Å². The summed E-state index contributed by atoms with van der Waals surface area (Å²) in [6, 6.07) is 7.41. The lowest BCUT2D eigenvalue weighted by molar-refractivity contribution is -0.122. The molecule has 132 valence electrons. The van der Waals surface area contributed by atoms with E-state index in [0.717, 1.165) is 39.7 Å². The zero-order valence-corrected chi connectivity index (χ0v) is 14.8. The maximum atomic E-state index is 11.4. The topological polar surface area (TPSA) is 125 Å². The van der Waals surface area contributed by atoms with E-state index in [1.54, 1.807) is 12.3 Å². The molecule has 0 bridgehead atoms. The summed E-state index contributed by atoms with van der Waals surface area (Å²) in [6.45, 7) is 3.65. The average Bonchev–Trinajstić information content (AvgIpc) is 3.01. The fourth-order valence-corrected chi connectivity index (χ4v) is 3.02. The van der Waals surface area contributed by atoms with Crippen LogP contribution in [0.3, 0.4) is 0 Å². The number of pyridine rings is 1. The molecule has 2 heterocycles.